The largest absolute Gasteiger partial charge is 0.360 e. The van der Waals surface area contributed by atoms with E-state index in [1.807, 2.05) is 18.2 Å². The van der Waals surface area contributed by atoms with E-state index >= 15 is 0 Å². The number of rotatable bonds is 7. The number of nitrogens with zero attached hydrogens (tertiary/aromatic N) is 2. The van der Waals surface area contributed by atoms with Gasteiger partial charge in [-0.05, 0) is 31.4 Å². The second-order valence-corrected chi connectivity index (χ2v) is 8.29. The summed E-state index contributed by atoms with van der Waals surface area (Å²) in [4.78, 5) is 37.3. The highest BCUT2D eigenvalue weighted by Gasteiger charge is 2.35. The van der Waals surface area contributed by atoms with Gasteiger partial charge in [-0.3, -0.25) is 14.4 Å². The molecule has 2 heterocycles. The summed E-state index contributed by atoms with van der Waals surface area (Å²) < 4.78 is 6.12. The molecule has 8 heteroatoms. The molecule has 0 spiro atoms. The Kier molecular flexibility index (Phi) is 6.20. The molecule has 0 saturated heterocycles. The van der Waals surface area contributed by atoms with Crippen LogP contribution in [0.2, 0.25) is 0 Å². The summed E-state index contributed by atoms with van der Waals surface area (Å²) in [6.45, 7) is 2.00. The van der Waals surface area contributed by atoms with Crippen molar-refractivity contribution in [2.24, 2.45) is 0 Å². The Hall–Kier alpha value is -3.68. The van der Waals surface area contributed by atoms with Gasteiger partial charge in [0.2, 0.25) is 5.91 Å². The van der Waals surface area contributed by atoms with Gasteiger partial charge in [0.15, 0.2) is 5.82 Å². The van der Waals surface area contributed by atoms with Gasteiger partial charge in [-0.25, -0.2) is 0 Å². The van der Waals surface area contributed by atoms with Crippen molar-refractivity contribution in [3.05, 3.63) is 82.0 Å². The zero-order valence-corrected chi connectivity index (χ0v) is 18.0. The third kappa shape index (κ3) is 4.80. The molecule has 3 aromatic rings. The quantitative estimate of drug-likeness (QED) is 0.595. The molecule has 1 fully saturated rings. The van der Waals surface area contributed by atoms with E-state index in [1.54, 1.807) is 13.0 Å². The summed E-state index contributed by atoms with van der Waals surface area (Å²) in [7, 11) is 0. The molecule has 32 heavy (non-hydrogen) atoms. The Morgan fingerprint density at radius 1 is 1.12 bits per heavy atom. The monoisotopic (exact) mass is 434 g/mol. The fraction of sp³-hybridized carbons (Fsp3) is 0.333. The molecule has 2 amide bonds. The SMILES string of the molecule is Cc1cc(NC(=O)Cn2cc(C(=O)NCC3(c4ccccc4)CCCC3)ccc2=O)no1. The molecule has 0 radical (unpaired) electrons. The Morgan fingerprint density at radius 2 is 1.88 bits per heavy atom. The van der Waals surface area contributed by atoms with Gasteiger partial charge in [0.1, 0.15) is 12.3 Å². The average molecular weight is 434 g/mol. The second kappa shape index (κ2) is 9.21. The predicted octanol–water partition coefficient (Wildman–Crippen LogP) is 3.03. The highest BCUT2D eigenvalue weighted by atomic mass is 16.5. The van der Waals surface area contributed by atoms with E-state index in [4.69, 9.17) is 4.52 Å². The standard InChI is InChI=1S/C24H26N4O4/c1-17-13-20(27-32-17)26-21(29)15-28-14-18(9-10-22(28)30)23(31)25-16-24(11-5-6-12-24)19-7-3-2-4-8-19/h2-4,7-10,13-14H,5-6,11-12,15-16H2,1H3,(H,25,31)(H,26,27,29). The number of nitrogens with one attached hydrogen (secondary N) is 2. The van der Waals surface area contributed by atoms with Crippen LogP contribution in [0.5, 0.6) is 0 Å². The molecule has 8 nitrogen and oxygen atoms in total. The van der Waals surface area contributed by atoms with Crippen LogP contribution in [0.25, 0.3) is 0 Å². The minimum atomic E-state index is -0.438. The molecule has 2 aromatic heterocycles. The fourth-order valence-electron chi connectivity index (χ4n) is 4.31. The van der Waals surface area contributed by atoms with Crippen LogP contribution in [0.1, 0.15) is 47.4 Å². The maximum atomic E-state index is 12.9. The molecule has 0 unspecified atom stereocenters. The Morgan fingerprint density at radius 3 is 2.56 bits per heavy atom. The van der Waals surface area contributed by atoms with Crippen molar-refractivity contribution in [3.8, 4) is 0 Å². The second-order valence-electron chi connectivity index (χ2n) is 8.29. The van der Waals surface area contributed by atoms with Crippen molar-refractivity contribution >= 4 is 17.6 Å². The first-order valence-electron chi connectivity index (χ1n) is 10.7. The third-order valence-corrected chi connectivity index (χ3v) is 5.99. The number of aryl methyl sites for hydroxylation is 1. The zero-order valence-electron chi connectivity index (χ0n) is 18.0. The Balaban J connectivity index is 1.44. The third-order valence-electron chi connectivity index (χ3n) is 5.99. The number of anilines is 1. The molecular weight excluding hydrogens is 408 g/mol. The minimum Gasteiger partial charge on any atom is -0.360 e. The predicted molar refractivity (Wildman–Crippen MR) is 119 cm³/mol. The average Bonchev–Trinajstić information content (AvgIpc) is 3.44. The summed E-state index contributed by atoms with van der Waals surface area (Å²) >= 11 is 0. The molecule has 1 aromatic carbocycles. The smallest absolute Gasteiger partial charge is 0.252 e. The highest BCUT2D eigenvalue weighted by molar-refractivity contribution is 5.94. The van der Waals surface area contributed by atoms with Gasteiger partial charge in [-0.15, -0.1) is 0 Å². The van der Waals surface area contributed by atoms with E-state index in [0.29, 0.717) is 17.9 Å². The zero-order chi connectivity index (χ0) is 22.6. The van der Waals surface area contributed by atoms with E-state index in [-0.39, 0.29) is 29.2 Å². The van der Waals surface area contributed by atoms with Crippen LogP contribution >= 0.6 is 0 Å². The lowest BCUT2D eigenvalue weighted by atomic mass is 9.79. The molecule has 0 aliphatic heterocycles. The number of hydrogen-bond donors (Lipinski definition) is 2. The number of amides is 2. The van der Waals surface area contributed by atoms with Gasteiger partial charge >= 0.3 is 0 Å². The van der Waals surface area contributed by atoms with Crippen molar-refractivity contribution in [1.29, 1.82) is 0 Å². The van der Waals surface area contributed by atoms with Crippen LogP contribution < -0.4 is 16.2 Å². The lowest BCUT2D eigenvalue weighted by molar-refractivity contribution is -0.116. The van der Waals surface area contributed by atoms with Crippen LogP contribution in [0.3, 0.4) is 0 Å². The lowest BCUT2D eigenvalue weighted by Crippen LogP contribution is -2.39. The number of hydrogen-bond acceptors (Lipinski definition) is 5. The number of carbonyl (C=O) groups excluding carboxylic acids is 2. The first-order valence-corrected chi connectivity index (χ1v) is 10.7. The number of carbonyl (C=O) groups is 2. The first kappa shape index (κ1) is 21.5. The Labute approximate surface area is 185 Å². The van der Waals surface area contributed by atoms with E-state index < -0.39 is 5.91 Å². The Bertz CT molecular complexity index is 1160. The molecule has 0 bridgehead atoms. The van der Waals surface area contributed by atoms with E-state index in [2.05, 4.69) is 27.9 Å². The molecule has 4 rings (SSSR count). The molecular formula is C24H26N4O4. The van der Waals surface area contributed by atoms with Crippen LogP contribution in [0.4, 0.5) is 5.82 Å². The van der Waals surface area contributed by atoms with Crippen LogP contribution in [-0.2, 0) is 16.8 Å². The fourth-order valence-corrected chi connectivity index (χ4v) is 4.31. The summed E-state index contributed by atoms with van der Waals surface area (Å²) in [6.07, 6.45) is 5.73. The number of aromatic nitrogens is 2. The van der Waals surface area contributed by atoms with Crippen LogP contribution in [-0.4, -0.2) is 28.1 Å². The summed E-state index contributed by atoms with van der Waals surface area (Å²) in [5.74, 6) is 0.129. The maximum absolute atomic E-state index is 12.9. The van der Waals surface area contributed by atoms with Crippen molar-refractivity contribution in [2.75, 3.05) is 11.9 Å². The van der Waals surface area contributed by atoms with E-state index in [0.717, 1.165) is 25.7 Å². The first-order chi connectivity index (χ1) is 15.4. The molecule has 1 aliphatic rings. The van der Waals surface area contributed by atoms with Gasteiger partial charge in [0, 0.05) is 30.3 Å². The van der Waals surface area contributed by atoms with Gasteiger partial charge in [0.05, 0.1) is 5.56 Å². The highest BCUT2D eigenvalue weighted by Crippen LogP contribution is 2.40. The molecule has 0 atom stereocenters. The normalized spacial score (nSPS) is 14.8. The molecule has 1 aliphatic carbocycles. The van der Waals surface area contributed by atoms with Crippen molar-refractivity contribution < 1.29 is 14.1 Å². The van der Waals surface area contributed by atoms with Crippen LogP contribution in [0, 0.1) is 6.92 Å². The van der Waals surface area contributed by atoms with E-state index in [1.165, 1.54) is 28.5 Å². The lowest BCUT2D eigenvalue weighted by Gasteiger charge is -2.30. The number of benzene rings is 1. The topological polar surface area (TPSA) is 106 Å². The van der Waals surface area contributed by atoms with Crippen LogP contribution in [0.15, 0.2) is 64.0 Å². The summed E-state index contributed by atoms with van der Waals surface area (Å²) in [6, 6.07) is 14.6. The molecule has 166 valence electrons. The van der Waals surface area contributed by atoms with Crippen molar-refractivity contribution in [1.82, 2.24) is 15.0 Å². The maximum Gasteiger partial charge on any atom is 0.252 e. The van der Waals surface area contributed by atoms with Gasteiger partial charge < -0.3 is 19.7 Å². The summed E-state index contributed by atoms with van der Waals surface area (Å²) in [5.41, 5.74) is 1.13. The van der Waals surface area contributed by atoms with Gasteiger partial charge in [0.25, 0.3) is 11.5 Å². The van der Waals surface area contributed by atoms with E-state index in [9.17, 15) is 14.4 Å². The van der Waals surface area contributed by atoms with Crippen molar-refractivity contribution in [2.45, 2.75) is 44.6 Å². The number of pyridine rings is 1. The summed E-state index contributed by atoms with van der Waals surface area (Å²) in [5, 5.41) is 9.31. The van der Waals surface area contributed by atoms with Gasteiger partial charge in [-0.2, -0.15) is 0 Å². The minimum absolute atomic E-state index is 0.0685. The van der Waals surface area contributed by atoms with Crippen molar-refractivity contribution in [3.63, 3.8) is 0 Å². The molecule has 1 saturated carbocycles. The molecule has 2 N–H and O–H groups in total. The van der Waals surface area contributed by atoms with Gasteiger partial charge in [-0.1, -0.05) is 48.3 Å².